The van der Waals surface area contributed by atoms with Crippen LogP contribution in [0.2, 0.25) is 0 Å². The van der Waals surface area contributed by atoms with Crippen molar-refractivity contribution in [2.75, 3.05) is 26.3 Å². The minimum Gasteiger partial charge on any atom is -0.381 e. The molecule has 3 aliphatic rings. The number of nitrogens with one attached hydrogen (secondary N) is 1. The van der Waals surface area contributed by atoms with Crippen LogP contribution < -0.4 is 5.32 Å². The highest BCUT2D eigenvalue weighted by Gasteiger charge is 2.28. The summed E-state index contributed by atoms with van der Waals surface area (Å²) in [5.41, 5.74) is 0.575. The highest BCUT2D eigenvalue weighted by atomic mass is 16.5. The van der Waals surface area contributed by atoms with E-state index in [1.807, 2.05) is 0 Å². The number of likely N-dealkylation sites (tertiary alicyclic amines) is 1. The number of piperidine rings is 1. The third-order valence-electron chi connectivity index (χ3n) is 5.45. The summed E-state index contributed by atoms with van der Waals surface area (Å²) in [6, 6.07) is 0.926. The van der Waals surface area contributed by atoms with Gasteiger partial charge >= 0.3 is 0 Å². The second-order valence-electron chi connectivity index (χ2n) is 7.23. The zero-order valence-electron chi connectivity index (χ0n) is 14.1. The van der Waals surface area contributed by atoms with Crippen LogP contribution in [0, 0.1) is 0 Å². The average Bonchev–Trinajstić information content (AvgIpc) is 3.48. The largest absolute Gasteiger partial charge is 0.381 e. The molecule has 3 heterocycles. The molecule has 0 aromatic carbocycles. The van der Waals surface area contributed by atoms with E-state index in [9.17, 15) is 4.79 Å². The maximum absolute atomic E-state index is 12.4. The molecule has 1 aromatic heterocycles. The predicted octanol–water partition coefficient (Wildman–Crippen LogP) is 1.73. The summed E-state index contributed by atoms with van der Waals surface area (Å²) in [5, 5.41) is 3.15. The molecule has 0 spiro atoms. The molecule has 2 aliphatic heterocycles. The molecule has 130 valence electrons. The third-order valence-corrected chi connectivity index (χ3v) is 5.45. The van der Waals surface area contributed by atoms with Gasteiger partial charge in [-0.05, 0) is 38.5 Å². The molecule has 0 radical (unpaired) electrons. The van der Waals surface area contributed by atoms with Crippen molar-refractivity contribution in [1.29, 1.82) is 0 Å². The van der Waals surface area contributed by atoms with Crippen LogP contribution in [0.5, 0.6) is 0 Å². The first-order valence-electron chi connectivity index (χ1n) is 9.24. The van der Waals surface area contributed by atoms with Gasteiger partial charge in [-0.25, -0.2) is 9.97 Å². The number of amides is 1. The summed E-state index contributed by atoms with van der Waals surface area (Å²) in [6.07, 6.45) is 10.0. The molecule has 1 aliphatic carbocycles. The quantitative estimate of drug-likeness (QED) is 0.910. The smallest absolute Gasteiger partial charge is 0.254 e. The molecule has 1 aromatic rings. The first kappa shape index (κ1) is 16.0. The Morgan fingerprint density at radius 2 is 1.71 bits per heavy atom. The third kappa shape index (κ3) is 3.75. The monoisotopic (exact) mass is 330 g/mol. The summed E-state index contributed by atoms with van der Waals surface area (Å²) in [6.45, 7) is 3.90. The van der Waals surface area contributed by atoms with Crippen LogP contribution in [-0.2, 0) is 4.74 Å². The minimum atomic E-state index is -0.0399. The number of carbonyl (C=O) groups is 1. The lowest BCUT2D eigenvalue weighted by Gasteiger charge is -2.39. The van der Waals surface area contributed by atoms with Gasteiger partial charge in [-0.3, -0.25) is 4.79 Å². The van der Waals surface area contributed by atoms with Gasteiger partial charge in [0, 0.05) is 56.7 Å². The lowest BCUT2D eigenvalue weighted by molar-refractivity contribution is 0.0238. The van der Waals surface area contributed by atoms with Gasteiger partial charge < -0.3 is 15.0 Å². The Morgan fingerprint density at radius 3 is 2.33 bits per heavy atom. The van der Waals surface area contributed by atoms with Crippen LogP contribution in [0.25, 0.3) is 0 Å². The van der Waals surface area contributed by atoms with Gasteiger partial charge in [-0.1, -0.05) is 0 Å². The molecule has 6 nitrogen and oxygen atoms in total. The first-order valence-corrected chi connectivity index (χ1v) is 9.24. The SMILES string of the molecule is O=C(NC1CCN(C2CCOCC2)CC1)c1cnc(C2CC2)nc1. The van der Waals surface area contributed by atoms with E-state index in [1.165, 1.54) is 12.8 Å². The van der Waals surface area contributed by atoms with E-state index in [2.05, 4.69) is 20.2 Å². The summed E-state index contributed by atoms with van der Waals surface area (Å²) >= 11 is 0. The van der Waals surface area contributed by atoms with E-state index >= 15 is 0 Å². The van der Waals surface area contributed by atoms with Gasteiger partial charge in [0.05, 0.1) is 5.56 Å². The van der Waals surface area contributed by atoms with E-state index in [-0.39, 0.29) is 11.9 Å². The highest BCUT2D eigenvalue weighted by Crippen LogP contribution is 2.37. The van der Waals surface area contributed by atoms with Crippen molar-refractivity contribution in [2.24, 2.45) is 0 Å². The minimum absolute atomic E-state index is 0.0399. The highest BCUT2D eigenvalue weighted by molar-refractivity contribution is 5.93. The van der Waals surface area contributed by atoms with Gasteiger partial charge in [-0.15, -0.1) is 0 Å². The molecule has 6 heteroatoms. The number of hydrogen-bond donors (Lipinski definition) is 1. The Morgan fingerprint density at radius 1 is 1.04 bits per heavy atom. The summed E-state index contributed by atoms with van der Waals surface area (Å²) in [4.78, 5) is 23.6. The van der Waals surface area contributed by atoms with Crippen LogP contribution >= 0.6 is 0 Å². The van der Waals surface area contributed by atoms with Crippen molar-refractivity contribution in [3.63, 3.8) is 0 Å². The van der Waals surface area contributed by atoms with E-state index in [0.29, 0.717) is 17.5 Å². The number of ether oxygens (including phenoxy) is 1. The van der Waals surface area contributed by atoms with Gasteiger partial charge in [0.15, 0.2) is 0 Å². The van der Waals surface area contributed by atoms with Gasteiger partial charge in [-0.2, -0.15) is 0 Å². The van der Waals surface area contributed by atoms with Crippen LogP contribution in [-0.4, -0.2) is 59.2 Å². The second-order valence-corrected chi connectivity index (χ2v) is 7.23. The van der Waals surface area contributed by atoms with Gasteiger partial charge in [0.25, 0.3) is 5.91 Å². The normalized spacial score (nSPS) is 24.0. The van der Waals surface area contributed by atoms with Crippen LogP contribution in [0.1, 0.15) is 60.6 Å². The van der Waals surface area contributed by atoms with Gasteiger partial charge in [0.2, 0.25) is 0 Å². The van der Waals surface area contributed by atoms with Crippen LogP contribution in [0.4, 0.5) is 0 Å². The summed E-state index contributed by atoms with van der Waals surface area (Å²) < 4.78 is 5.44. The number of nitrogens with zero attached hydrogens (tertiary/aromatic N) is 3. The summed E-state index contributed by atoms with van der Waals surface area (Å²) in [5.74, 6) is 1.37. The molecule has 0 atom stereocenters. The maximum atomic E-state index is 12.4. The number of carbonyl (C=O) groups excluding carboxylic acids is 1. The van der Waals surface area contributed by atoms with Crippen molar-refractivity contribution >= 4 is 5.91 Å². The zero-order valence-corrected chi connectivity index (χ0v) is 14.1. The van der Waals surface area contributed by atoms with Crippen molar-refractivity contribution in [3.05, 3.63) is 23.8 Å². The average molecular weight is 330 g/mol. The standard InChI is InChI=1S/C18H26N4O2/c23-18(14-11-19-17(20-12-14)13-1-2-13)21-15-3-7-22(8-4-15)16-5-9-24-10-6-16/h11-13,15-16H,1-10H2,(H,21,23). The van der Waals surface area contributed by atoms with Crippen LogP contribution in [0.3, 0.4) is 0 Å². The Bertz CT molecular complexity index is 559. The Balaban J connectivity index is 1.26. The first-order chi connectivity index (χ1) is 11.8. The summed E-state index contributed by atoms with van der Waals surface area (Å²) in [7, 11) is 0. The maximum Gasteiger partial charge on any atom is 0.254 e. The molecule has 1 N–H and O–H groups in total. The fourth-order valence-electron chi connectivity index (χ4n) is 3.74. The zero-order chi connectivity index (χ0) is 16.4. The molecular weight excluding hydrogens is 304 g/mol. The molecule has 0 unspecified atom stereocenters. The molecule has 0 bridgehead atoms. The Labute approximate surface area is 143 Å². The topological polar surface area (TPSA) is 67.4 Å². The lowest BCUT2D eigenvalue weighted by Crippen LogP contribution is -2.49. The Kier molecular flexibility index (Phi) is 4.76. The molecule has 3 fully saturated rings. The molecule has 2 saturated heterocycles. The van der Waals surface area contributed by atoms with Crippen LogP contribution in [0.15, 0.2) is 12.4 Å². The number of aromatic nitrogens is 2. The fraction of sp³-hybridized carbons (Fsp3) is 0.722. The van der Waals surface area contributed by atoms with Crippen molar-refractivity contribution in [3.8, 4) is 0 Å². The van der Waals surface area contributed by atoms with E-state index in [1.54, 1.807) is 12.4 Å². The van der Waals surface area contributed by atoms with Crippen molar-refractivity contribution in [1.82, 2.24) is 20.2 Å². The van der Waals surface area contributed by atoms with Crippen molar-refractivity contribution < 1.29 is 9.53 Å². The van der Waals surface area contributed by atoms with E-state index in [0.717, 1.165) is 57.8 Å². The van der Waals surface area contributed by atoms with E-state index < -0.39 is 0 Å². The molecule has 24 heavy (non-hydrogen) atoms. The second kappa shape index (κ2) is 7.15. The Hall–Kier alpha value is -1.53. The van der Waals surface area contributed by atoms with Gasteiger partial charge in [0.1, 0.15) is 5.82 Å². The lowest BCUT2D eigenvalue weighted by atomic mass is 9.99. The predicted molar refractivity (Wildman–Crippen MR) is 89.9 cm³/mol. The molecule has 1 amide bonds. The molecular formula is C18H26N4O2. The van der Waals surface area contributed by atoms with E-state index in [4.69, 9.17) is 4.74 Å². The number of hydrogen-bond acceptors (Lipinski definition) is 5. The fourth-order valence-corrected chi connectivity index (χ4v) is 3.74. The number of rotatable bonds is 4. The molecule has 4 rings (SSSR count). The molecule has 1 saturated carbocycles. The van der Waals surface area contributed by atoms with Crippen molar-refractivity contribution in [2.45, 2.75) is 56.5 Å².